The van der Waals surface area contributed by atoms with Crippen LogP contribution in [0.15, 0.2) is 79.0 Å². The van der Waals surface area contributed by atoms with Crippen LogP contribution in [0.2, 0.25) is 0 Å². The Morgan fingerprint density at radius 3 is 2.44 bits per heavy atom. The third kappa shape index (κ3) is 3.46. The van der Waals surface area contributed by atoms with Gasteiger partial charge in [0.2, 0.25) is 0 Å². The molecule has 32 heavy (non-hydrogen) atoms. The largest absolute Gasteiger partial charge is 0.383 e. The summed E-state index contributed by atoms with van der Waals surface area (Å²) in [5, 5.41) is 0. The topological polar surface area (TPSA) is 72.9 Å². The molecule has 0 aliphatic carbocycles. The molecule has 0 saturated carbocycles. The van der Waals surface area contributed by atoms with E-state index in [9.17, 15) is 0 Å². The second-order valence-electron chi connectivity index (χ2n) is 8.03. The number of pyridine rings is 2. The molecule has 0 bridgehead atoms. The summed E-state index contributed by atoms with van der Waals surface area (Å²) in [7, 11) is 4.07. The second kappa shape index (κ2) is 7.81. The summed E-state index contributed by atoms with van der Waals surface area (Å²) in [6, 6.07) is 24.5. The summed E-state index contributed by atoms with van der Waals surface area (Å²) >= 11 is 0. The van der Waals surface area contributed by atoms with E-state index in [4.69, 9.17) is 15.7 Å². The van der Waals surface area contributed by atoms with Gasteiger partial charge in [0, 0.05) is 37.2 Å². The van der Waals surface area contributed by atoms with Crippen molar-refractivity contribution in [3.63, 3.8) is 0 Å². The molecule has 2 N–H and O–H groups in total. The van der Waals surface area contributed by atoms with E-state index in [0.29, 0.717) is 5.82 Å². The summed E-state index contributed by atoms with van der Waals surface area (Å²) in [5.41, 5.74) is 13.8. The Balaban J connectivity index is 1.77. The van der Waals surface area contributed by atoms with Crippen molar-refractivity contribution in [1.29, 1.82) is 0 Å². The van der Waals surface area contributed by atoms with Gasteiger partial charge in [-0.25, -0.2) is 15.0 Å². The zero-order valence-electron chi connectivity index (χ0n) is 18.3. The highest BCUT2D eigenvalue weighted by Gasteiger charge is 2.18. The Hall–Kier alpha value is -4.19. The lowest BCUT2D eigenvalue weighted by molar-refractivity contribution is 1.07. The van der Waals surface area contributed by atoms with Crippen LogP contribution in [0.25, 0.3) is 39.5 Å². The molecule has 0 fully saturated rings. The number of nitrogens with zero attached hydrogens (tertiary/aromatic N) is 5. The van der Waals surface area contributed by atoms with E-state index >= 15 is 0 Å². The molecule has 0 aliphatic rings. The van der Waals surface area contributed by atoms with Gasteiger partial charge >= 0.3 is 0 Å². The van der Waals surface area contributed by atoms with E-state index in [1.807, 2.05) is 38.4 Å². The van der Waals surface area contributed by atoms with Gasteiger partial charge in [0.15, 0.2) is 11.5 Å². The molecule has 0 aliphatic heterocycles. The number of rotatable bonds is 4. The molecule has 0 radical (unpaired) electrons. The van der Waals surface area contributed by atoms with Crippen molar-refractivity contribution < 1.29 is 0 Å². The Morgan fingerprint density at radius 1 is 0.875 bits per heavy atom. The molecular weight excluding hydrogens is 396 g/mol. The summed E-state index contributed by atoms with van der Waals surface area (Å²) in [4.78, 5) is 16.3. The maximum atomic E-state index is 6.22. The number of anilines is 2. The van der Waals surface area contributed by atoms with Crippen molar-refractivity contribution in [3.8, 4) is 28.3 Å². The van der Waals surface area contributed by atoms with Crippen molar-refractivity contribution in [2.24, 2.45) is 0 Å². The number of hydrogen-bond acceptors (Lipinski definition) is 5. The standard InChI is InChI=1S/C26H24N6/c1-17-9-11-19(12-10-17)32-25(21-8-5-15-28-24(21)27)30-23-14-13-22(29-26(23)32)18-6-4-7-20(16-18)31(2)3/h4-16H,1-3H3,(H2,27,28). The quantitative estimate of drug-likeness (QED) is 0.438. The van der Waals surface area contributed by atoms with Gasteiger partial charge in [-0.05, 0) is 55.5 Å². The highest BCUT2D eigenvalue weighted by atomic mass is 15.1. The molecule has 6 heteroatoms. The monoisotopic (exact) mass is 420 g/mol. The Labute approximate surface area is 187 Å². The van der Waals surface area contributed by atoms with Gasteiger partial charge in [-0.2, -0.15) is 0 Å². The predicted octanol–water partition coefficient (Wildman–Crippen LogP) is 5.11. The van der Waals surface area contributed by atoms with Crippen LogP contribution in [0.1, 0.15) is 5.56 Å². The smallest absolute Gasteiger partial charge is 0.165 e. The van der Waals surface area contributed by atoms with Crippen LogP contribution < -0.4 is 10.6 Å². The number of nitrogens with two attached hydrogens (primary N) is 1. The number of nitrogen functional groups attached to an aromatic ring is 1. The summed E-state index contributed by atoms with van der Waals surface area (Å²) in [6.45, 7) is 2.07. The van der Waals surface area contributed by atoms with Crippen molar-refractivity contribution in [1.82, 2.24) is 19.5 Å². The van der Waals surface area contributed by atoms with E-state index in [1.165, 1.54) is 5.56 Å². The minimum Gasteiger partial charge on any atom is -0.383 e. The third-order valence-electron chi connectivity index (χ3n) is 5.53. The fourth-order valence-electron chi connectivity index (χ4n) is 3.79. The maximum Gasteiger partial charge on any atom is 0.165 e. The minimum atomic E-state index is 0.440. The molecule has 3 aromatic heterocycles. The number of hydrogen-bond donors (Lipinski definition) is 1. The maximum absolute atomic E-state index is 6.22. The highest BCUT2D eigenvalue weighted by molar-refractivity contribution is 5.84. The van der Waals surface area contributed by atoms with Gasteiger partial charge < -0.3 is 10.6 Å². The molecule has 0 saturated heterocycles. The first kappa shape index (κ1) is 19.8. The molecule has 0 spiro atoms. The van der Waals surface area contributed by atoms with Crippen molar-refractivity contribution >= 4 is 22.7 Å². The van der Waals surface area contributed by atoms with Gasteiger partial charge in [-0.15, -0.1) is 0 Å². The second-order valence-corrected chi connectivity index (χ2v) is 8.03. The number of aromatic nitrogens is 4. The fourth-order valence-corrected chi connectivity index (χ4v) is 3.79. The molecule has 0 unspecified atom stereocenters. The van der Waals surface area contributed by atoms with Crippen LogP contribution in [-0.2, 0) is 0 Å². The zero-order valence-corrected chi connectivity index (χ0v) is 18.3. The van der Waals surface area contributed by atoms with Crippen LogP contribution in [0.3, 0.4) is 0 Å². The van der Waals surface area contributed by atoms with E-state index in [0.717, 1.165) is 45.2 Å². The lowest BCUT2D eigenvalue weighted by Gasteiger charge is -2.14. The van der Waals surface area contributed by atoms with Crippen LogP contribution in [-0.4, -0.2) is 33.6 Å². The van der Waals surface area contributed by atoms with Gasteiger partial charge in [-0.3, -0.25) is 4.57 Å². The molecule has 5 aromatic rings. The van der Waals surface area contributed by atoms with E-state index in [1.54, 1.807) is 6.20 Å². The SMILES string of the molecule is Cc1ccc(-n2c(-c3cccnc3N)nc3ccc(-c4cccc(N(C)C)c4)nc32)cc1. The number of aryl methyl sites for hydroxylation is 1. The van der Waals surface area contributed by atoms with Crippen LogP contribution in [0.5, 0.6) is 0 Å². The number of imidazole rings is 1. The third-order valence-corrected chi connectivity index (χ3v) is 5.53. The molecule has 0 amide bonds. The van der Waals surface area contributed by atoms with Gasteiger partial charge in [0.25, 0.3) is 0 Å². The Bertz CT molecular complexity index is 1420. The van der Waals surface area contributed by atoms with E-state index in [-0.39, 0.29) is 0 Å². The molecular formula is C26H24N6. The van der Waals surface area contributed by atoms with Crippen molar-refractivity contribution in [2.45, 2.75) is 6.92 Å². The lowest BCUT2D eigenvalue weighted by Crippen LogP contribution is -2.08. The van der Waals surface area contributed by atoms with Gasteiger partial charge in [0.05, 0.1) is 11.3 Å². The number of fused-ring (bicyclic) bond motifs is 1. The zero-order chi connectivity index (χ0) is 22.2. The minimum absolute atomic E-state index is 0.440. The van der Waals surface area contributed by atoms with Crippen LogP contribution in [0.4, 0.5) is 11.5 Å². The first-order chi connectivity index (χ1) is 15.5. The average Bonchev–Trinajstić information content (AvgIpc) is 3.18. The van der Waals surface area contributed by atoms with E-state index in [2.05, 4.69) is 69.9 Å². The van der Waals surface area contributed by atoms with Gasteiger partial charge in [-0.1, -0.05) is 29.8 Å². The Morgan fingerprint density at radius 2 is 1.69 bits per heavy atom. The molecule has 5 rings (SSSR count). The van der Waals surface area contributed by atoms with Crippen LogP contribution >= 0.6 is 0 Å². The molecule has 2 aromatic carbocycles. The predicted molar refractivity (Wildman–Crippen MR) is 131 cm³/mol. The van der Waals surface area contributed by atoms with Crippen LogP contribution in [0, 0.1) is 6.92 Å². The fraction of sp³-hybridized carbons (Fsp3) is 0.115. The normalized spacial score (nSPS) is 11.1. The number of benzene rings is 2. The molecule has 3 heterocycles. The molecule has 0 atom stereocenters. The molecule has 6 nitrogen and oxygen atoms in total. The first-order valence-corrected chi connectivity index (χ1v) is 10.5. The van der Waals surface area contributed by atoms with Crippen molar-refractivity contribution in [2.75, 3.05) is 24.7 Å². The summed E-state index contributed by atoms with van der Waals surface area (Å²) < 4.78 is 2.06. The average molecular weight is 421 g/mol. The lowest BCUT2D eigenvalue weighted by atomic mass is 10.1. The molecule has 158 valence electrons. The van der Waals surface area contributed by atoms with E-state index < -0.39 is 0 Å². The highest BCUT2D eigenvalue weighted by Crippen LogP contribution is 2.32. The van der Waals surface area contributed by atoms with Gasteiger partial charge in [0.1, 0.15) is 11.3 Å². The van der Waals surface area contributed by atoms with Crippen molar-refractivity contribution in [3.05, 3.63) is 84.6 Å². The Kier molecular flexibility index (Phi) is 4.82. The summed E-state index contributed by atoms with van der Waals surface area (Å²) in [5.74, 6) is 1.16. The first-order valence-electron chi connectivity index (χ1n) is 10.5. The summed E-state index contributed by atoms with van der Waals surface area (Å²) in [6.07, 6.45) is 1.69.